The molecule has 162 valence electrons. The molecule has 4 rings (SSSR count). The van der Waals surface area contributed by atoms with E-state index < -0.39 is 0 Å². The van der Waals surface area contributed by atoms with Gasteiger partial charge in [-0.05, 0) is 80.8 Å². The molecule has 7 heteroatoms. The third-order valence-corrected chi connectivity index (χ3v) is 6.30. The van der Waals surface area contributed by atoms with Crippen molar-refractivity contribution in [3.05, 3.63) is 58.8 Å². The van der Waals surface area contributed by atoms with Crippen LogP contribution in [0.1, 0.15) is 66.2 Å². The Hall–Kier alpha value is -2.95. The lowest BCUT2D eigenvalue weighted by atomic mass is 9.85. The Morgan fingerprint density at radius 3 is 2.84 bits per heavy atom. The van der Waals surface area contributed by atoms with Crippen LogP contribution in [0.5, 0.6) is 0 Å². The molecule has 0 radical (unpaired) electrons. The molecule has 1 aromatic heterocycles. The number of β-amino-alcohol motifs (C(OH)–C–C–N with tert-alkyl or cyclic N) is 1. The highest BCUT2D eigenvalue weighted by Crippen LogP contribution is 2.36. The van der Waals surface area contributed by atoms with Gasteiger partial charge in [-0.25, -0.2) is 4.98 Å². The fourth-order valence-electron chi connectivity index (χ4n) is 4.57. The number of allylic oxidation sites excluding steroid dienone is 2. The van der Waals surface area contributed by atoms with Crippen molar-refractivity contribution in [1.29, 1.82) is 0 Å². The molecule has 3 N–H and O–H groups in total. The van der Waals surface area contributed by atoms with Gasteiger partial charge >= 0.3 is 5.91 Å². The number of likely N-dealkylation sites (tertiary alicyclic amines) is 1. The van der Waals surface area contributed by atoms with E-state index in [9.17, 15) is 9.90 Å². The summed E-state index contributed by atoms with van der Waals surface area (Å²) in [5.41, 5.74) is 4.50. The maximum atomic E-state index is 12.7. The van der Waals surface area contributed by atoms with Gasteiger partial charge in [-0.1, -0.05) is 18.7 Å². The Labute approximate surface area is 183 Å². The summed E-state index contributed by atoms with van der Waals surface area (Å²) in [5.74, 6) is 0.560. The van der Waals surface area contributed by atoms with E-state index in [2.05, 4.69) is 43.2 Å². The molecule has 31 heavy (non-hydrogen) atoms. The van der Waals surface area contributed by atoms with E-state index in [0.717, 1.165) is 63.0 Å². The van der Waals surface area contributed by atoms with Crippen molar-refractivity contribution in [3.63, 3.8) is 0 Å². The van der Waals surface area contributed by atoms with Crippen LogP contribution in [0.25, 0.3) is 10.4 Å². The van der Waals surface area contributed by atoms with Crippen LogP contribution in [0.4, 0.5) is 11.5 Å². The van der Waals surface area contributed by atoms with Crippen molar-refractivity contribution in [3.8, 4) is 0 Å². The number of aromatic amines is 1. The van der Waals surface area contributed by atoms with E-state index in [0.29, 0.717) is 5.92 Å². The highest BCUT2D eigenvalue weighted by Gasteiger charge is 2.23. The minimum Gasteiger partial charge on any atom is -0.395 e. The average Bonchev–Trinajstić information content (AvgIpc) is 3.30. The van der Waals surface area contributed by atoms with E-state index in [-0.39, 0.29) is 24.2 Å². The van der Waals surface area contributed by atoms with Gasteiger partial charge in [0.05, 0.1) is 12.8 Å². The molecular weight excluding hydrogens is 390 g/mol. The van der Waals surface area contributed by atoms with Crippen molar-refractivity contribution in [2.45, 2.75) is 44.4 Å². The van der Waals surface area contributed by atoms with E-state index in [1.807, 2.05) is 6.07 Å². The Morgan fingerprint density at radius 1 is 1.32 bits per heavy atom. The number of aliphatic hydroxyl groups is 1. The van der Waals surface area contributed by atoms with E-state index in [1.54, 1.807) is 0 Å². The summed E-state index contributed by atoms with van der Waals surface area (Å²) in [6, 6.07) is 6.39. The largest absolute Gasteiger partial charge is 0.395 e. The van der Waals surface area contributed by atoms with Crippen LogP contribution >= 0.6 is 0 Å². The molecule has 2 aromatic rings. The van der Waals surface area contributed by atoms with E-state index in [1.165, 1.54) is 23.8 Å². The Morgan fingerprint density at radius 2 is 2.16 bits per heavy atom. The number of nitrogens with zero attached hydrogens (tertiary/aromatic N) is 3. The minimum atomic E-state index is -0.336. The summed E-state index contributed by atoms with van der Waals surface area (Å²) in [4.78, 5) is 25.1. The molecule has 0 spiro atoms. The number of amides is 1. The second-order valence-electron chi connectivity index (χ2n) is 8.30. The fraction of sp³-hybridized carbons (Fsp3) is 0.458. The van der Waals surface area contributed by atoms with Crippen LogP contribution in [-0.2, 0) is 0 Å². The minimum absolute atomic E-state index is 0.148. The van der Waals surface area contributed by atoms with Gasteiger partial charge in [-0.15, -0.1) is 0 Å². The first-order valence-electron chi connectivity index (χ1n) is 11.1. The quantitative estimate of drug-likeness (QED) is 0.608. The molecule has 1 aromatic carbocycles. The van der Waals surface area contributed by atoms with Gasteiger partial charge in [0.15, 0.2) is 0 Å². The van der Waals surface area contributed by atoms with Crippen LogP contribution in [0.15, 0.2) is 30.5 Å². The fourth-order valence-corrected chi connectivity index (χ4v) is 4.57. The Bertz CT molecular complexity index is 996. The molecule has 1 amide bonds. The summed E-state index contributed by atoms with van der Waals surface area (Å²) in [6.45, 7) is 10.0. The topological polar surface area (TPSA) is 85.6 Å². The first kappa shape index (κ1) is 21.3. The smallest absolute Gasteiger partial charge is 0.314 e. The van der Waals surface area contributed by atoms with E-state index in [4.69, 9.17) is 6.57 Å². The highest BCUT2D eigenvalue weighted by molar-refractivity contribution is 6.03. The lowest BCUT2D eigenvalue weighted by Crippen LogP contribution is -2.34. The monoisotopic (exact) mass is 419 g/mol. The molecule has 1 aliphatic heterocycles. The van der Waals surface area contributed by atoms with Crippen molar-refractivity contribution in [1.82, 2.24) is 14.9 Å². The van der Waals surface area contributed by atoms with Crippen molar-refractivity contribution in [2.75, 3.05) is 31.6 Å². The number of H-pyrrole nitrogens is 1. The van der Waals surface area contributed by atoms with Gasteiger partial charge in [0.1, 0.15) is 0 Å². The lowest BCUT2D eigenvalue weighted by Gasteiger charge is -2.32. The number of nitrogens with one attached hydrogen (secondary N) is 2. The van der Waals surface area contributed by atoms with Crippen LogP contribution in [0, 0.1) is 6.57 Å². The number of carbonyl (C=O) groups excluding carboxylic acids is 1. The molecular formula is C24H29N5O2. The molecule has 2 aliphatic rings. The van der Waals surface area contributed by atoms with Crippen molar-refractivity contribution in [2.24, 2.45) is 0 Å². The van der Waals surface area contributed by atoms with Gasteiger partial charge < -0.3 is 20.2 Å². The molecule has 2 heterocycles. The van der Waals surface area contributed by atoms with Gasteiger partial charge in [0.2, 0.25) is 5.82 Å². The maximum Gasteiger partial charge on any atom is 0.314 e. The summed E-state index contributed by atoms with van der Waals surface area (Å²) in [6.07, 6.45) is 10.3. The lowest BCUT2D eigenvalue weighted by molar-refractivity contribution is 0.101. The van der Waals surface area contributed by atoms with Crippen LogP contribution in [0.3, 0.4) is 0 Å². The third-order valence-electron chi connectivity index (χ3n) is 6.30. The Balaban J connectivity index is 1.57. The predicted octanol–water partition coefficient (Wildman–Crippen LogP) is 4.34. The highest BCUT2D eigenvalue weighted by atomic mass is 16.3. The van der Waals surface area contributed by atoms with Gasteiger partial charge in [0, 0.05) is 17.8 Å². The number of aromatic nitrogens is 2. The zero-order chi connectivity index (χ0) is 21.6. The molecule has 0 saturated carbocycles. The van der Waals surface area contributed by atoms with Gasteiger partial charge in [-0.2, -0.15) is 0 Å². The normalized spacial score (nSPS) is 17.7. The molecule has 0 unspecified atom stereocenters. The predicted molar refractivity (Wildman–Crippen MR) is 121 cm³/mol. The van der Waals surface area contributed by atoms with Crippen LogP contribution in [-0.4, -0.2) is 52.1 Å². The molecule has 1 fully saturated rings. The standard InChI is InChI=1S/C24H29N5O2/c1-25-22-16-26-23(28-22)24(31)27-21-8-7-19(15-20(21)18-5-3-2-4-6-18)17-9-11-29(12-10-17)13-14-30/h5,7-8,15-17,30H,2-4,6,9-14H2,(H,26,28)(H,27,31). The molecule has 7 nitrogen and oxygen atoms in total. The number of hydrogen-bond donors (Lipinski definition) is 3. The number of rotatable bonds is 6. The molecule has 0 atom stereocenters. The summed E-state index contributed by atoms with van der Waals surface area (Å²) >= 11 is 0. The number of hydrogen-bond acceptors (Lipinski definition) is 4. The maximum absolute atomic E-state index is 12.7. The number of benzene rings is 1. The van der Waals surface area contributed by atoms with Gasteiger partial charge in [0.25, 0.3) is 5.82 Å². The second kappa shape index (κ2) is 9.90. The number of aliphatic hydroxyl groups excluding tert-OH is 1. The average molecular weight is 420 g/mol. The molecule has 0 bridgehead atoms. The number of imidazole rings is 1. The summed E-state index contributed by atoms with van der Waals surface area (Å²) < 4.78 is 0. The number of piperidine rings is 1. The van der Waals surface area contributed by atoms with Crippen molar-refractivity contribution < 1.29 is 9.90 Å². The van der Waals surface area contributed by atoms with Crippen LogP contribution in [0.2, 0.25) is 0 Å². The second-order valence-corrected chi connectivity index (χ2v) is 8.30. The van der Waals surface area contributed by atoms with Gasteiger partial charge in [-0.3, -0.25) is 9.78 Å². The zero-order valence-corrected chi connectivity index (χ0v) is 17.7. The third kappa shape index (κ3) is 5.04. The summed E-state index contributed by atoms with van der Waals surface area (Å²) in [7, 11) is 0. The number of carbonyl (C=O) groups is 1. The molecule has 1 saturated heterocycles. The van der Waals surface area contributed by atoms with E-state index >= 15 is 0 Å². The first-order chi connectivity index (χ1) is 15.2. The Kier molecular flexibility index (Phi) is 6.80. The molecule has 1 aliphatic carbocycles. The number of anilines is 1. The summed E-state index contributed by atoms with van der Waals surface area (Å²) in [5, 5.41) is 12.2. The SMILES string of the molecule is [C-]#[N+]c1cnc(C(=O)Nc2ccc(C3CCN(CCO)CC3)cc2C2=CCCCC2)[nH]1. The van der Waals surface area contributed by atoms with Crippen molar-refractivity contribution >= 4 is 23.0 Å². The zero-order valence-electron chi connectivity index (χ0n) is 17.7. The first-order valence-corrected chi connectivity index (χ1v) is 11.1. The van der Waals surface area contributed by atoms with Crippen LogP contribution < -0.4 is 5.32 Å².